The quantitative estimate of drug-likeness (QED) is 0.216. The highest BCUT2D eigenvalue weighted by atomic mass is 80.0. The van der Waals surface area contributed by atoms with Gasteiger partial charge in [0, 0.05) is 0 Å². The molecule has 0 amide bonds. The van der Waals surface area contributed by atoms with Crippen LogP contribution in [0.3, 0.4) is 0 Å². The van der Waals surface area contributed by atoms with Gasteiger partial charge in [0.15, 0.2) is 6.47 Å². The Balaban J connectivity index is 4.35. The van der Waals surface area contributed by atoms with Gasteiger partial charge in [-0.15, -0.1) is 0 Å². The number of hydrogen-bond acceptors (Lipinski definition) is 0. The van der Waals surface area contributed by atoms with Gasteiger partial charge in [0.1, 0.15) is 22.6 Å². The SMILES string of the molecule is [O]C1(Br)C(Br)(Br)C(Br)(Br)C(Br)(Br)C(Br)(Br)C(Br)(Br)C(Br)(Br)C(Br)(Br)C(Br)(Br)C1(Br)Br. The van der Waals surface area contributed by atoms with E-state index < -0.39 is 33.6 Å². The summed E-state index contributed by atoms with van der Waals surface area (Å²) in [6, 6.07) is 0. The molecular formula is C10Br19O. The molecule has 1 radical (unpaired) electrons. The monoisotopic (exact) mass is 1640 g/mol. The fourth-order valence-electron chi connectivity index (χ4n) is 1.98. The molecule has 0 aromatic rings. The second-order valence-electron chi connectivity index (χ2n) is 5.76. The molecule has 1 aliphatic carbocycles. The van der Waals surface area contributed by atoms with Gasteiger partial charge in [-0.25, -0.2) is 5.11 Å². The molecule has 0 unspecified atom stereocenters. The molecule has 1 fully saturated rings. The first kappa shape index (κ1) is 37.1. The Hall–Kier alpha value is 9.08. The molecule has 0 atom stereocenters. The van der Waals surface area contributed by atoms with Crippen molar-refractivity contribution in [3.05, 3.63) is 0 Å². The molecule has 30 heavy (non-hydrogen) atoms. The van der Waals surface area contributed by atoms with Gasteiger partial charge in [0.2, 0.25) is 4.51 Å². The van der Waals surface area contributed by atoms with E-state index in [-0.39, 0.29) is 0 Å². The molecule has 0 spiro atoms. The van der Waals surface area contributed by atoms with Crippen LogP contribution in [0.4, 0.5) is 0 Å². The molecule has 1 nitrogen and oxygen atoms in total. The Morgan fingerprint density at radius 2 is 0.333 bits per heavy atom. The van der Waals surface area contributed by atoms with Gasteiger partial charge in [-0.1, -0.05) is 287 Å². The zero-order valence-electron chi connectivity index (χ0n) is 12.6. The fourth-order valence-corrected chi connectivity index (χ4v) is 22.8. The third-order valence-electron chi connectivity index (χ3n) is 3.96. The average molecular weight is 1650 g/mol. The number of hydrogen-bond donors (Lipinski definition) is 0. The third-order valence-corrected chi connectivity index (χ3v) is 45.6. The van der Waals surface area contributed by atoms with Crippen LogP contribution in [0, 0.1) is 0 Å². The first-order valence-corrected chi connectivity index (χ1v) is 21.4. The van der Waals surface area contributed by atoms with Crippen molar-refractivity contribution in [2.24, 2.45) is 0 Å². The van der Waals surface area contributed by atoms with E-state index >= 15 is 0 Å². The van der Waals surface area contributed by atoms with Gasteiger partial charge in [-0.05, 0) is 15.9 Å². The molecule has 0 aromatic carbocycles. The largest absolute Gasteiger partial charge is 0.212 e. The van der Waals surface area contributed by atoms with Crippen molar-refractivity contribution in [1.82, 2.24) is 0 Å². The maximum atomic E-state index is 14.5. The standard InChI is InChI=1S/C10Br19O/c11-1(12)2(13,14)4(17,18)6(21,22)8(25,26)10(29,30)9(27,28)7(23,24)5(19,20)3(1,15)16. The predicted molar refractivity (Wildman–Crippen MR) is 198 cm³/mol. The molecule has 0 heterocycles. The van der Waals surface area contributed by atoms with Gasteiger partial charge in [0.05, 0.1) is 0 Å². The summed E-state index contributed by atoms with van der Waals surface area (Å²) in [6.45, 7) is 0. The molecule has 1 rings (SSSR count). The highest BCUT2D eigenvalue weighted by Gasteiger charge is 2.85. The minimum atomic E-state index is -2.07. The van der Waals surface area contributed by atoms with Crippen molar-refractivity contribution in [2.75, 3.05) is 0 Å². The minimum Gasteiger partial charge on any atom is -0.212 e. The predicted octanol–water partition coefficient (Wildman–Crippen LogP) is 13.9. The van der Waals surface area contributed by atoms with Crippen LogP contribution in [0.15, 0.2) is 0 Å². The Kier molecular flexibility index (Phi) is 13.6. The lowest BCUT2D eigenvalue weighted by atomic mass is 9.97. The van der Waals surface area contributed by atoms with Crippen LogP contribution in [-0.2, 0) is 5.11 Å². The van der Waals surface area contributed by atoms with Gasteiger partial charge in [0.25, 0.3) is 0 Å². The highest BCUT2D eigenvalue weighted by molar-refractivity contribution is 9.38. The zero-order chi connectivity index (χ0) is 25.0. The number of rotatable bonds is 0. The third kappa shape index (κ3) is 4.92. The van der Waals surface area contributed by atoms with Crippen LogP contribution in [0.25, 0.3) is 0 Å². The van der Waals surface area contributed by atoms with Gasteiger partial charge < -0.3 is 0 Å². The lowest BCUT2D eigenvalue weighted by Crippen LogP contribution is -2.77. The Bertz CT molecular complexity index is 463. The van der Waals surface area contributed by atoms with Crippen LogP contribution >= 0.6 is 303 Å². The summed E-state index contributed by atoms with van der Waals surface area (Å²) >= 11 is 70.5. The van der Waals surface area contributed by atoms with E-state index in [9.17, 15) is 5.11 Å². The summed E-state index contributed by atoms with van der Waals surface area (Å²) in [7, 11) is 0. The Morgan fingerprint density at radius 1 is 0.233 bits per heavy atom. The van der Waals surface area contributed by atoms with E-state index in [1.54, 1.807) is 0 Å². The normalized spacial score (nSPS) is 34.0. The molecular weight excluding hydrogens is 1650 g/mol. The average Bonchev–Trinajstić information content (AvgIpc) is 2.51. The second kappa shape index (κ2) is 11.0. The summed E-state index contributed by atoms with van der Waals surface area (Å²) in [5, 5.41) is 14.5. The first-order chi connectivity index (χ1) is 12.5. The topological polar surface area (TPSA) is 19.9 Å². The molecule has 0 saturated heterocycles. The first-order valence-electron chi connectivity index (χ1n) is 6.29. The summed E-state index contributed by atoms with van der Waals surface area (Å²) in [4.78, 5) is 0. The van der Waals surface area contributed by atoms with E-state index in [1.165, 1.54) is 0 Å². The van der Waals surface area contributed by atoms with E-state index in [1.807, 2.05) is 0 Å². The van der Waals surface area contributed by atoms with Gasteiger partial charge in [-0.3, -0.25) is 0 Å². The van der Waals surface area contributed by atoms with Crippen LogP contribution in [0.2, 0.25) is 0 Å². The lowest BCUT2D eigenvalue weighted by molar-refractivity contribution is 0.0420. The minimum absolute atomic E-state index is 1.10. The Morgan fingerprint density at radius 3 is 0.467 bits per heavy atom. The van der Waals surface area contributed by atoms with E-state index in [0.717, 1.165) is 0 Å². The molecule has 0 bridgehead atoms. The zero-order valence-corrected chi connectivity index (χ0v) is 42.7. The maximum absolute atomic E-state index is 14.5. The Labute approximate surface area is 333 Å². The number of halogens is 19. The van der Waals surface area contributed by atoms with Crippen LogP contribution in [0.1, 0.15) is 0 Å². The van der Waals surface area contributed by atoms with Crippen molar-refractivity contribution in [3.8, 4) is 0 Å². The van der Waals surface area contributed by atoms with Crippen molar-refractivity contribution in [1.29, 1.82) is 0 Å². The van der Waals surface area contributed by atoms with Crippen molar-refractivity contribution < 1.29 is 5.11 Å². The summed E-state index contributed by atoms with van der Waals surface area (Å²) < 4.78 is -13.3. The van der Waals surface area contributed by atoms with Crippen LogP contribution in [-0.4, -0.2) is 33.6 Å². The van der Waals surface area contributed by atoms with Gasteiger partial charge in [-0.2, -0.15) is 0 Å². The van der Waals surface area contributed by atoms with E-state index in [2.05, 4.69) is 303 Å². The fraction of sp³-hybridized carbons (Fsp3) is 1.00. The van der Waals surface area contributed by atoms with Crippen molar-refractivity contribution in [2.45, 2.75) is 33.6 Å². The van der Waals surface area contributed by atoms with E-state index in [0.29, 0.717) is 0 Å². The molecule has 20 heteroatoms. The lowest BCUT2D eigenvalue weighted by Gasteiger charge is -2.63. The summed E-state index contributed by atoms with van der Waals surface area (Å²) in [5.74, 6) is 0. The van der Waals surface area contributed by atoms with Gasteiger partial charge >= 0.3 is 0 Å². The molecule has 0 aromatic heterocycles. The molecule has 1 aliphatic rings. The second-order valence-corrected chi connectivity index (χ2v) is 37.9. The van der Waals surface area contributed by atoms with Crippen molar-refractivity contribution >= 4 is 303 Å². The summed E-state index contributed by atoms with van der Waals surface area (Å²) in [6.07, 6.45) is 0. The molecule has 179 valence electrons. The van der Waals surface area contributed by atoms with Crippen molar-refractivity contribution in [3.63, 3.8) is 0 Å². The molecule has 1 saturated carbocycles. The van der Waals surface area contributed by atoms with Crippen LogP contribution in [0.5, 0.6) is 0 Å². The van der Waals surface area contributed by atoms with Crippen LogP contribution < -0.4 is 0 Å². The summed E-state index contributed by atoms with van der Waals surface area (Å²) in [5.41, 5.74) is 0. The molecule has 0 N–H and O–H groups in total. The highest BCUT2D eigenvalue weighted by Crippen LogP contribution is 2.83. The van der Waals surface area contributed by atoms with E-state index in [4.69, 9.17) is 0 Å². The smallest absolute Gasteiger partial charge is 0.212 e. The maximum Gasteiger partial charge on any atom is 0.212 e. The number of alkyl halides is 19. The molecule has 0 aliphatic heterocycles.